The minimum absolute atomic E-state index is 0.0762. The molecule has 1 N–H and O–H groups in total. The Morgan fingerprint density at radius 1 is 0.946 bits per heavy atom. The molecule has 5 fully saturated rings. The van der Waals surface area contributed by atoms with E-state index < -0.39 is 0 Å². The Kier molecular flexibility index (Phi) is 7.64. The molecule has 7 heteroatoms. The van der Waals surface area contributed by atoms with Crippen molar-refractivity contribution < 1.29 is 14.1 Å². The maximum absolute atomic E-state index is 12.8. The Morgan fingerprint density at radius 2 is 1.65 bits per heavy atom. The van der Waals surface area contributed by atoms with Crippen molar-refractivity contribution in [3.05, 3.63) is 11.7 Å². The van der Waals surface area contributed by atoms with E-state index in [0.29, 0.717) is 29.7 Å². The van der Waals surface area contributed by atoms with E-state index in [1.807, 2.05) is 0 Å². The van der Waals surface area contributed by atoms with Gasteiger partial charge in [0.25, 0.3) is 0 Å². The highest BCUT2D eigenvalue weighted by Crippen LogP contribution is 2.47. The number of hydrogen-bond acceptors (Lipinski definition) is 6. The monoisotopic (exact) mass is 512 g/mol. The van der Waals surface area contributed by atoms with Crippen molar-refractivity contribution >= 4 is 5.91 Å². The molecule has 1 amide bonds. The van der Waals surface area contributed by atoms with Crippen molar-refractivity contribution in [2.24, 2.45) is 11.3 Å². The number of rotatable bonds is 4. The van der Waals surface area contributed by atoms with Gasteiger partial charge in [-0.05, 0) is 63.7 Å². The molecule has 0 aromatic carbocycles. The second kappa shape index (κ2) is 11.0. The van der Waals surface area contributed by atoms with Crippen molar-refractivity contribution in [2.75, 3.05) is 26.3 Å². The second-order valence-corrected chi connectivity index (χ2v) is 13.4. The van der Waals surface area contributed by atoms with Gasteiger partial charge in [-0.2, -0.15) is 4.98 Å². The molecule has 3 saturated heterocycles. The number of amides is 1. The lowest BCUT2D eigenvalue weighted by Gasteiger charge is -2.47. The third-order valence-electron chi connectivity index (χ3n) is 10.5. The van der Waals surface area contributed by atoms with E-state index in [2.05, 4.69) is 22.3 Å². The Bertz CT molecular complexity index is 904. The molecule has 206 valence electrons. The van der Waals surface area contributed by atoms with Gasteiger partial charge in [0.2, 0.25) is 11.8 Å². The van der Waals surface area contributed by atoms with Gasteiger partial charge in [0.1, 0.15) is 0 Å². The lowest BCUT2D eigenvalue weighted by molar-refractivity contribution is -0.137. The standard InChI is InChI=1S/C30H48N4O3/c1-29(14-15-29)28(35)34-16-9-22(10-17-34)26-31-27(37-33-26)24-19-25(23-11-18-36-21-23)32-30(20-24)12-7-5-3-2-4-6-8-13-30/h22-25,32H,2-21H2,1H3. The molecule has 0 radical (unpaired) electrons. The zero-order chi connectivity index (χ0) is 25.3. The normalized spacial score (nSPS) is 32.9. The molecule has 3 atom stereocenters. The first-order chi connectivity index (χ1) is 18.0. The second-order valence-electron chi connectivity index (χ2n) is 13.4. The van der Waals surface area contributed by atoms with Crippen LogP contribution in [0.25, 0.3) is 0 Å². The number of hydrogen-bond donors (Lipinski definition) is 1. The lowest BCUT2D eigenvalue weighted by Crippen LogP contribution is -2.58. The van der Waals surface area contributed by atoms with Crippen LogP contribution in [0.3, 0.4) is 0 Å². The Labute approximate surface area is 222 Å². The van der Waals surface area contributed by atoms with Gasteiger partial charge < -0.3 is 19.5 Å². The van der Waals surface area contributed by atoms with Gasteiger partial charge in [-0.25, -0.2) is 0 Å². The predicted octanol–water partition coefficient (Wildman–Crippen LogP) is 5.71. The first kappa shape index (κ1) is 25.8. The van der Waals surface area contributed by atoms with Crippen LogP contribution < -0.4 is 5.32 Å². The quantitative estimate of drug-likeness (QED) is 0.556. The van der Waals surface area contributed by atoms with Crippen LogP contribution >= 0.6 is 0 Å². The topological polar surface area (TPSA) is 80.5 Å². The number of aromatic nitrogens is 2. The van der Waals surface area contributed by atoms with Gasteiger partial charge >= 0.3 is 0 Å². The molecule has 5 aliphatic rings. The number of ether oxygens (including phenoxy) is 1. The van der Waals surface area contributed by atoms with Crippen molar-refractivity contribution in [1.29, 1.82) is 0 Å². The Morgan fingerprint density at radius 3 is 2.30 bits per heavy atom. The average molecular weight is 513 g/mol. The first-order valence-electron chi connectivity index (χ1n) is 15.5. The van der Waals surface area contributed by atoms with Crippen molar-refractivity contribution in [3.63, 3.8) is 0 Å². The van der Waals surface area contributed by atoms with E-state index in [0.717, 1.165) is 83.0 Å². The molecule has 1 aromatic heterocycles. The molecular formula is C30H48N4O3. The number of nitrogens with zero attached hydrogens (tertiary/aromatic N) is 3. The number of carbonyl (C=O) groups excluding carboxylic acids is 1. The van der Waals surface area contributed by atoms with E-state index in [1.165, 1.54) is 57.8 Å². The third-order valence-corrected chi connectivity index (χ3v) is 10.5. The van der Waals surface area contributed by atoms with Gasteiger partial charge in [-0.15, -0.1) is 0 Å². The Balaban J connectivity index is 1.15. The zero-order valence-corrected chi connectivity index (χ0v) is 23.0. The number of nitrogens with one attached hydrogen (secondary N) is 1. The minimum atomic E-state index is -0.0762. The Hall–Kier alpha value is -1.47. The molecule has 6 rings (SSSR count). The van der Waals surface area contributed by atoms with Crippen molar-refractivity contribution in [1.82, 2.24) is 20.4 Å². The highest BCUT2D eigenvalue weighted by molar-refractivity contribution is 5.85. The molecule has 1 spiro atoms. The van der Waals surface area contributed by atoms with Crippen molar-refractivity contribution in [3.8, 4) is 0 Å². The molecular weight excluding hydrogens is 464 g/mol. The molecule has 3 unspecified atom stereocenters. The van der Waals surface area contributed by atoms with E-state index in [4.69, 9.17) is 14.2 Å². The summed E-state index contributed by atoms with van der Waals surface area (Å²) in [4.78, 5) is 19.9. The van der Waals surface area contributed by atoms with Gasteiger partial charge in [-0.3, -0.25) is 4.79 Å². The fourth-order valence-electron chi connectivity index (χ4n) is 7.73. The number of piperidine rings is 2. The zero-order valence-electron chi connectivity index (χ0n) is 23.0. The summed E-state index contributed by atoms with van der Waals surface area (Å²) in [7, 11) is 0. The fourth-order valence-corrected chi connectivity index (χ4v) is 7.73. The van der Waals surface area contributed by atoms with E-state index >= 15 is 0 Å². The van der Waals surface area contributed by atoms with E-state index in [1.54, 1.807) is 0 Å². The van der Waals surface area contributed by atoms with Crippen LogP contribution in [0.5, 0.6) is 0 Å². The van der Waals surface area contributed by atoms with Gasteiger partial charge in [0, 0.05) is 48.5 Å². The van der Waals surface area contributed by atoms with Crippen LogP contribution in [0.4, 0.5) is 0 Å². The highest BCUT2D eigenvalue weighted by Gasteiger charge is 2.48. The maximum atomic E-state index is 12.8. The molecule has 3 aliphatic heterocycles. The molecule has 1 aromatic rings. The summed E-state index contributed by atoms with van der Waals surface area (Å²) in [6.07, 6.45) is 19.4. The van der Waals surface area contributed by atoms with Crippen LogP contribution in [-0.4, -0.2) is 58.8 Å². The average Bonchev–Trinajstić information content (AvgIpc) is 3.32. The summed E-state index contributed by atoms with van der Waals surface area (Å²) in [6, 6.07) is 0.470. The molecule has 37 heavy (non-hydrogen) atoms. The summed E-state index contributed by atoms with van der Waals surface area (Å²) in [5.74, 6) is 3.31. The van der Waals surface area contributed by atoms with Gasteiger partial charge in [-0.1, -0.05) is 57.0 Å². The van der Waals surface area contributed by atoms with Crippen LogP contribution in [0, 0.1) is 11.3 Å². The van der Waals surface area contributed by atoms with E-state index in [9.17, 15) is 4.79 Å². The van der Waals surface area contributed by atoms with Gasteiger partial charge in [0.15, 0.2) is 5.82 Å². The van der Waals surface area contributed by atoms with E-state index in [-0.39, 0.29) is 11.0 Å². The molecule has 2 aliphatic carbocycles. The largest absolute Gasteiger partial charge is 0.381 e. The van der Waals surface area contributed by atoms with Crippen LogP contribution in [0.2, 0.25) is 0 Å². The molecule has 2 saturated carbocycles. The molecule has 7 nitrogen and oxygen atoms in total. The van der Waals surface area contributed by atoms with Crippen LogP contribution in [0.15, 0.2) is 4.52 Å². The molecule has 4 heterocycles. The summed E-state index contributed by atoms with van der Waals surface area (Å²) in [5, 5.41) is 8.75. The predicted molar refractivity (Wildman–Crippen MR) is 142 cm³/mol. The fraction of sp³-hybridized carbons (Fsp3) is 0.900. The number of carbonyl (C=O) groups is 1. The molecule has 0 bridgehead atoms. The summed E-state index contributed by atoms with van der Waals surface area (Å²) < 4.78 is 11.9. The number of likely N-dealkylation sites (tertiary alicyclic amines) is 1. The summed E-state index contributed by atoms with van der Waals surface area (Å²) in [5.41, 5.74) is 0.111. The maximum Gasteiger partial charge on any atom is 0.229 e. The summed E-state index contributed by atoms with van der Waals surface area (Å²) in [6.45, 7) is 5.53. The third kappa shape index (κ3) is 5.78. The minimum Gasteiger partial charge on any atom is -0.381 e. The lowest BCUT2D eigenvalue weighted by atomic mass is 9.71. The highest BCUT2D eigenvalue weighted by atomic mass is 16.5. The van der Waals surface area contributed by atoms with Crippen molar-refractivity contribution in [2.45, 2.75) is 133 Å². The first-order valence-corrected chi connectivity index (χ1v) is 15.5. The van der Waals surface area contributed by atoms with Gasteiger partial charge in [0.05, 0.1) is 6.61 Å². The summed E-state index contributed by atoms with van der Waals surface area (Å²) >= 11 is 0. The smallest absolute Gasteiger partial charge is 0.229 e. The van der Waals surface area contributed by atoms with Crippen LogP contribution in [0.1, 0.15) is 133 Å². The SMILES string of the molecule is CC1(C(=O)N2CCC(c3noc(C4CC(C5CCOC5)NC5(CCCCCCCCC5)C4)n3)CC2)CC1. The van der Waals surface area contributed by atoms with Crippen LogP contribution in [-0.2, 0) is 9.53 Å².